The molecule has 1 aromatic carbocycles. The van der Waals surface area contributed by atoms with Gasteiger partial charge in [0.2, 0.25) is 10.0 Å². The Morgan fingerprint density at radius 1 is 1.09 bits per heavy atom. The number of ether oxygens (including phenoxy) is 1. The summed E-state index contributed by atoms with van der Waals surface area (Å²) < 4.78 is 39.7. The van der Waals surface area contributed by atoms with Gasteiger partial charge < -0.3 is 13.7 Å². The molecule has 0 N–H and O–H groups in total. The van der Waals surface area contributed by atoms with E-state index in [4.69, 9.17) is 9.15 Å². The van der Waals surface area contributed by atoms with Crippen LogP contribution < -0.4 is 0 Å². The minimum absolute atomic E-state index is 0.0779. The Bertz CT molecular complexity index is 1210. The third kappa shape index (κ3) is 4.39. The molecule has 3 aromatic rings. The molecule has 170 valence electrons. The van der Waals surface area contributed by atoms with Gasteiger partial charge in [0.05, 0.1) is 31.4 Å². The second-order valence-electron chi connectivity index (χ2n) is 7.26. The summed E-state index contributed by atoms with van der Waals surface area (Å²) in [7, 11) is -2.70. The van der Waals surface area contributed by atoms with Crippen molar-refractivity contribution in [2.45, 2.75) is 38.8 Å². The summed E-state index contributed by atoms with van der Waals surface area (Å²) in [6.07, 6.45) is 1.45. The number of hydrogen-bond acceptors (Lipinski definition) is 6. The number of ketones is 1. The number of sulfonamides is 1. The van der Waals surface area contributed by atoms with Crippen LogP contribution in [0.3, 0.4) is 0 Å². The van der Waals surface area contributed by atoms with Crippen molar-refractivity contribution in [3.05, 3.63) is 77.0 Å². The van der Waals surface area contributed by atoms with Crippen molar-refractivity contribution in [1.29, 1.82) is 0 Å². The quantitative estimate of drug-likeness (QED) is 0.359. The highest BCUT2D eigenvalue weighted by atomic mass is 32.2. The average molecular weight is 459 g/mol. The molecule has 2 heterocycles. The standard InChI is InChI=1S/C23H26N2O6S/c1-5-25-17(3)21(16(2)22(25)23(27)30-4)20(26)15-24(14-18-10-9-13-31-18)32(28,29)19-11-7-6-8-12-19/h6-13H,5,14-15H2,1-4H3. The fraction of sp³-hybridized carbons (Fsp3) is 0.304. The van der Waals surface area contributed by atoms with E-state index in [0.717, 1.165) is 4.31 Å². The molecule has 0 saturated heterocycles. The molecule has 0 spiro atoms. The minimum atomic E-state index is -3.98. The van der Waals surface area contributed by atoms with Crippen molar-refractivity contribution in [2.24, 2.45) is 0 Å². The van der Waals surface area contributed by atoms with Gasteiger partial charge in [-0.25, -0.2) is 13.2 Å². The normalized spacial score (nSPS) is 11.7. The molecule has 0 radical (unpaired) electrons. The second kappa shape index (κ2) is 9.54. The predicted molar refractivity (Wildman–Crippen MR) is 118 cm³/mol. The Kier molecular flexibility index (Phi) is 7.00. The fourth-order valence-electron chi connectivity index (χ4n) is 3.84. The minimum Gasteiger partial charge on any atom is -0.468 e. The molecule has 0 aliphatic rings. The zero-order valence-corrected chi connectivity index (χ0v) is 19.3. The van der Waals surface area contributed by atoms with Crippen LogP contribution in [0.4, 0.5) is 0 Å². The van der Waals surface area contributed by atoms with Gasteiger partial charge in [-0.2, -0.15) is 4.31 Å². The van der Waals surface area contributed by atoms with Crippen LogP contribution in [0.15, 0.2) is 58.0 Å². The number of nitrogens with zero attached hydrogens (tertiary/aromatic N) is 2. The molecule has 3 rings (SSSR count). The van der Waals surface area contributed by atoms with Crippen LogP contribution >= 0.6 is 0 Å². The smallest absolute Gasteiger partial charge is 0.354 e. The summed E-state index contributed by atoms with van der Waals surface area (Å²) in [5.41, 5.74) is 1.67. The van der Waals surface area contributed by atoms with Crippen molar-refractivity contribution in [2.75, 3.05) is 13.7 Å². The molecule has 0 amide bonds. The number of benzene rings is 1. The zero-order valence-electron chi connectivity index (χ0n) is 18.5. The van der Waals surface area contributed by atoms with Gasteiger partial charge in [0.1, 0.15) is 11.5 Å². The van der Waals surface area contributed by atoms with Gasteiger partial charge in [-0.3, -0.25) is 4.79 Å². The van der Waals surface area contributed by atoms with Crippen LogP contribution in [0.25, 0.3) is 0 Å². The van der Waals surface area contributed by atoms with Gasteiger partial charge >= 0.3 is 5.97 Å². The third-order valence-corrected chi connectivity index (χ3v) is 7.16. The topological polar surface area (TPSA) is 98.8 Å². The van der Waals surface area contributed by atoms with Crippen molar-refractivity contribution < 1.29 is 27.2 Å². The molecular formula is C23H26N2O6S. The third-order valence-electron chi connectivity index (χ3n) is 5.35. The van der Waals surface area contributed by atoms with Gasteiger partial charge in [0.25, 0.3) is 0 Å². The number of rotatable bonds is 9. The van der Waals surface area contributed by atoms with Crippen LogP contribution in [0.5, 0.6) is 0 Å². The van der Waals surface area contributed by atoms with E-state index < -0.39 is 28.3 Å². The number of esters is 1. The van der Waals surface area contributed by atoms with Crippen LogP contribution in [-0.4, -0.2) is 42.7 Å². The summed E-state index contributed by atoms with van der Waals surface area (Å²) in [5, 5.41) is 0. The molecule has 0 bridgehead atoms. The van der Waals surface area contributed by atoms with Gasteiger partial charge in [-0.1, -0.05) is 18.2 Å². The number of Topliss-reactive ketones (excluding diaryl/α,β-unsaturated/α-hetero) is 1. The van der Waals surface area contributed by atoms with E-state index in [1.54, 1.807) is 48.7 Å². The Morgan fingerprint density at radius 2 is 1.78 bits per heavy atom. The average Bonchev–Trinajstić information content (AvgIpc) is 3.38. The summed E-state index contributed by atoms with van der Waals surface area (Å²) in [4.78, 5) is 25.8. The number of furan rings is 1. The first-order chi connectivity index (χ1) is 15.2. The lowest BCUT2D eigenvalue weighted by Crippen LogP contribution is -2.35. The first-order valence-electron chi connectivity index (χ1n) is 10.1. The van der Waals surface area contributed by atoms with Gasteiger partial charge in [0, 0.05) is 17.8 Å². The Labute approximate surface area is 187 Å². The van der Waals surface area contributed by atoms with Gasteiger partial charge in [-0.15, -0.1) is 0 Å². The highest BCUT2D eigenvalue weighted by Gasteiger charge is 2.31. The predicted octanol–water partition coefficient (Wildman–Crippen LogP) is 3.58. The molecular weight excluding hydrogens is 432 g/mol. The maximum absolute atomic E-state index is 13.4. The highest BCUT2D eigenvalue weighted by molar-refractivity contribution is 7.89. The molecule has 0 aliphatic carbocycles. The first-order valence-corrected chi connectivity index (χ1v) is 11.5. The molecule has 9 heteroatoms. The number of carbonyl (C=O) groups is 2. The summed E-state index contributed by atoms with van der Waals surface area (Å²) in [6, 6.07) is 11.2. The van der Waals surface area contributed by atoms with Crippen LogP contribution in [-0.2, 0) is 27.8 Å². The summed E-state index contributed by atoms with van der Waals surface area (Å²) in [6.45, 7) is 5.21. The maximum Gasteiger partial charge on any atom is 0.354 e. The van der Waals surface area contributed by atoms with Gasteiger partial charge in [-0.05, 0) is 50.6 Å². The number of methoxy groups -OCH3 is 1. The molecule has 0 fully saturated rings. The van der Waals surface area contributed by atoms with Crippen LogP contribution in [0.2, 0.25) is 0 Å². The molecule has 0 saturated carbocycles. The Morgan fingerprint density at radius 3 is 2.34 bits per heavy atom. The van der Waals surface area contributed by atoms with Crippen LogP contribution in [0, 0.1) is 13.8 Å². The Hall–Kier alpha value is -3.17. The lowest BCUT2D eigenvalue weighted by molar-refractivity contribution is 0.0587. The van der Waals surface area contributed by atoms with E-state index in [1.807, 2.05) is 6.92 Å². The van der Waals surface area contributed by atoms with E-state index in [1.165, 1.54) is 25.5 Å². The maximum atomic E-state index is 13.4. The summed E-state index contributed by atoms with van der Waals surface area (Å²) >= 11 is 0. The fourth-order valence-corrected chi connectivity index (χ4v) is 5.23. The van der Waals surface area contributed by atoms with Crippen molar-refractivity contribution in [1.82, 2.24) is 8.87 Å². The Balaban J connectivity index is 2.03. The molecule has 0 aliphatic heterocycles. The number of aromatic nitrogens is 1. The molecule has 8 nitrogen and oxygen atoms in total. The number of carbonyl (C=O) groups excluding carboxylic acids is 2. The molecule has 2 aromatic heterocycles. The highest BCUT2D eigenvalue weighted by Crippen LogP contribution is 2.26. The molecule has 0 atom stereocenters. The lowest BCUT2D eigenvalue weighted by Gasteiger charge is -2.21. The van der Waals surface area contributed by atoms with E-state index in [0.29, 0.717) is 34.8 Å². The second-order valence-corrected chi connectivity index (χ2v) is 9.20. The van der Waals surface area contributed by atoms with E-state index in [2.05, 4.69) is 0 Å². The molecule has 0 unspecified atom stereocenters. The van der Waals surface area contributed by atoms with E-state index in [-0.39, 0.29) is 11.4 Å². The monoisotopic (exact) mass is 458 g/mol. The number of hydrogen-bond donors (Lipinski definition) is 0. The van der Waals surface area contributed by atoms with E-state index >= 15 is 0 Å². The SMILES string of the molecule is CCn1c(C)c(C(=O)CN(Cc2ccco2)S(=O)(=O)c2ccccc2)c(C)c1C(=O)OC. The van der Waals surface area contributed by atoms with Crippen LogP contribution in [0.1, 0.15) is 44.8 Å². The molecule has 32 heavy (non-hydrogen) atoms. The van der Waals surface area contributed by atoms with Crippen molar-refractivity contribution >= 4 is 21.8 Å². The lowest BCUT2D eigenvalue weighted by atomic mass is 10.1. The largest absolute Gasteiger partial charge is 0.468 e. The van der Waals surface area contributed by atoms with Crippen molar-refractivity contribution in [3.8, 4) is 0 Å². The summed E-state index contributed by atoms with van der Waals surface area (Å²) in [5.74, 6) is -0.550. The first kappa shape index (κ1) is 23.5. The van der Waals surface area contributed by atoms with Crippen molar-refractivity contribution in [3.63, 3.8) is 0 Å². The zero-order chi connectivity index (χ0) is 23.5. The van der Waals surface area contributed by atoms with E-state index in [9.17, 15) is 18.0 Å². The van der Waals surface area contributed by atoms with Gasteiger partial charge in [0.15, 0.2) is 5.78 Å².